The van der Waals surface area contributed by atoms with Gasteiger partial charge in [0.25, 0.3) is 0 Å². The van der Waals surface area contributed by atoms with Gasteiger partial charge in [-0.05, 0) is 33.9 Å². The first-order valence-corrected chi connectivity index (χ1v) is 9.34. The van der Waals surface area contributed by atoms with Crippen LogP contribution in [0.3, 0.4) is 0 Å². The molecular formula is C22H36O4. The molecule has 1 aromatic rings. The van der Waals surface area contributed by atoms with Crippen molar-refractivity contribution in [3.63, 3.8) is 0 Å². The largest absolute Gasteiger partial charge is 0.507 e. The average Bonchev–Trinajstić information content (AvgIpc) is 2.51. The molecule has 0 aliphatic carbocycles. The van der Waals surface area contributed by atoms with Crippen molar-refractivity contribution in [1.82, 2.24) is 0 Å². The highest BCUT2D eigenvalue weighted by molar-refractivity contribution is 5.77. The van der Waals surface area contributed by atoms with Crippen LogP contribution in [0.25, 0.3) is 0 Å². The zero-order valence-corrected chi connectivity index (χ0v) is 17.7. The summed E-state index contributed by atoms with van der Waals surface area (Å²) in [6, 6.07) is 3.98. The lowest BCUT2D eigenvalue weighted by atomic mass is 9.78. The molecule has 1 aromatic carbocycles. The fourth-order valence-electron chi connectivity index (χ4n) is 2.38. The van der Waals surface area contributed by atoms with Gasteiger partial charge < -0.3 is 10.2 Å². The first-order valence-electron chi connectivity index (χ1n) is 9.34. The van der Waals surface area contributed by atoms with Crippen LogP contribution in [0, 0.1) is 0 Å². The van der Waals surface area contributed by atoms with Crippen LogP contribution in [0.5, 0.6) is 5.75 Å². The Morgan fingerprint density at radius 3 is 1.73 bits per heavy atom. The summed E-state index contributed by atoms with van der Waals surface area (Å²) < 4.78 is 0. The summed E-state index contributed by atoms with van der Waals surface area (Å²) in [5.41, 5.74) is 2.52. The summed E-state index contributed by atoms with van der Waals surface area (Å²) in [6.45, 7) is 16.3. The van der Waals surface area contributed by atoms with Crippen LogP contribution in [-0.4, -0.2) is 22.0 Å². The van der Waals surface area contributed by atoms with Crippen LogP contribution in [-0.2, 0) is 26.8 Å². The molecule has 0 radical (unpaired) electrons. The van der Waals surface area contributed by atoms with E-state index in [9.17, 15) is 14.7 Å². The second-order valence-electron chi connectivity index (χ2n) is 8.67. The number of rotatable bonds is 5. The summed E-state index contributed by atoms with van der Waals surface area (Å²) in [6.07, 6.45) is 1.77. The molecule has 26 heavy (non-hydrogen) atoms. The van der Waals surface area contributed by atoms with Crippen molar-refractivity contribution in [3.05, 3.63) is 28.8 Å². The van der Waals surface area contributed by atoms with Crippen molar-refractivity contribution < 1.29 is 19.8 Å². The number of phenols is 1. The summed E-state index contributed by atoms with van der Waals surface area (Å²) >= 11 is 0. The molecule has 0 fully saturated rings. The second kappa shape index (κ2) is 9.75. The zero-order chi connectivity index (χ0) is 20.7. The Morgan fingerprint density at radius 2 is 1.42 bits per heavy atom. The first-order chi connectivity index (χ1) is 11.7. The first kappa shape index (κ1) is 24.2. The van der Waals surface area contributed by atoms with Crippen molar-refractivity contribution in [2.45, 2.75) is 91.9 Å². The molecule has 2 N–H and O–H groups in total. The number of Topliss-reactive ketones (excluding diaryl/α,β-unsaturated/α-hetero) is 1. The molecule has 4 heteroatoms. The van der Waals surface area contributed by atoms with E-state index in [1.165, 1.54) is 0 Å². The molecule has 0 aliphatic rings. The smallest absolute Gasteiger partial charge is 0.303 e. The highest BCUT2D eigenvalue weighted by Gasteiger charge is 2.24. The van der Waals surface area contributed by atoms with Crippen molar-refractivity contribution in [1.29, 1.82) is 0 Å². The summed E-state index contributed by atoms with van der Waals surface area (Å²) in [7, 11) is 0. The summed E-state index contributed by atoms with van der Waals surface area (Å²) in [5.74, 6) is -0.260. The maximum Gasteiger partial charge on any atom is 0.303 e. The monoisotopic (exact) mass is 364 g/mol. The van der Waals surface area contributed by atoms with E-state index >= 15 is 0 Å². The third kappa shape index (κ3) is 8.03. The van der Waals surface area contributed by atoms with E-state index in [0.29, 0.717) is 25.0 Å². The number of carbonyl (C=O) groups excluding carboxylic acids is 1. The van der Waals surface area contributed by atoms with Crippen LogP contribution in [0.15, 0.2) is 12.1 Å². The predicted molar refractivity (Wildman–Crippen MR) is 107 cm³/mol. The average molecular weight is 365 g/mol. The standard InChI is InChI=1S/C17H26O3.C5H10O/c1-16(2,3)12-9-11(7-8-14(18)19)15(20)13(10-12)17(4,5)6;1-3-5(6)4-2/h9-10,20H,7-8H2,1-6H3,(H,18,19);3-4H2,1-2H3. The van der Waals surface area contributed by atoms with Crippen LogP contribution in [0.2, 0.25) is 0 Å². The van der Waals surface area contributed by atoms with Gasteiger partial charge in [-0.25, -0.2) is 0 Å². The van der Waals surface area contributed by atoms with E-state index in [1.807, 2.05) is 26.0 Å². The highest BCUT2D eigenvalue weighted by atomic mass is 16.4. The molecule has 0 heterocycles. The Labute approximate surface area is 158 Å². The fraction of sp³-hybridized carbons (Fsp3) is 0.636. The molecule has 0 bridgehead atoms. The maximum atomic E-state index is 10.8. The van der Waals surface area contributed by atoms with E-state index in [0.717, 1.165) is 16.7 Å². The number of aryl methyl sites for hydroxylation is 1. The number of benzene rings is 1. The van der Waals surface area contributed by atoms with Gasteiger partial charge in [0.2, 0.25) is 0 Å². The lowest BCUT2D eigenvalue weighted by molar-refractivity contribution is -0.137. The van der Waals surface area contributed by atoms with Gasteiger partial charge in [0.05, 0.1) is 0 Å². The van der Waals surface area contributed by atoms with Gasteiger partial charge in [-0.1, -0.05) is 67.5 Å². The van der Waals surface area contributed by atoms with Gasteiger partial charge >= 0.3 is 5.97 Å². The Kier molecular flexibility index (Phi) is 9.06. The summed E-state index contributed by atoms with van der Waals surface area (Å²) in [4.78, 5) is 20.9. The molecule has 0 saturated heterocycles. The quantitative estimate of drug-likeness (QED) is 0.735. The van der Waals surface area contributed by atoms with Gasteiger partial charge in [-0.2, -0.15) is 0 Å². The minimum Gasteiger partial charge on any atom is -0.507 e. The van der Waals surface area contributed by atoms with Crippen molar-refractivity contribution in [3.8, 4) is 5.75 Å². The molecule has 0 spiro atoms. The number of carboxylic acid groups (broad SMARTS) is 1. The second-order valence-corrected chi connectivity index (χ2v) is 8.67. The van der Waals surface area contributed by atoms with Crippen LogP contribution < -0.4 is 0 Å². The maximum absolute atomic E-state index is 10.8. The number of aromatic hydroxyl groups is 1. The number of hydrogen-bond donors (Lipinski definition) is 2. The molecule has 0 unspecified atom stereocenters. The molecule has 0 saturated carbocycles. The molecule has 0 amide bonds. The van der Waals surface area contributed by atoms with Crippen molar-refractivity contribution in [2.24, 2.45) is 0 Å². The van der Waals surface area contributed by atoms with Gasteiger partial charge in [0, 0.05) is 19.3 Å². The molecule has 0 aromatic heterocycles. The molecule has 0 aliphatic heterocycles. The zero-order valence-electron chi connectivity index (χ0n) is 17.7. The van der Waals surface area contributed by atoms with E-state index < -0.39 is 5.97 Å². The number of aliphatic carboxylic acids is 1. The van der Waals surface area contributed by atoms with Gasteiger partial charge in [0.15, 0.2) is 0 Å². The minimum absolute atomic E-state index is 0.0325. The number of ketones is 1. The van der Waals surface area contributed by atoms with Gasteiger partial charge in [-0.15, -0.1) is 0 Å². The highest BCUT2D eigenvalue weighted by Crippen LogP contribution is 2.38. The number of carboxylic acids is 1. The van der Waals surface area contributed by atoms with Crippen molar-refractivity contribution >= 4 is 11.8 Å². The normalized spacial score (nSPS) is 11.5. The van der Waals surface area contributed by atoms with Gasteiger partial charge in [-0.3, -0.25) is 9.59 Å². The Balaban J connectivity index is 0.000000896. The van der Waals surface area contributed by atoms with Crippen LogP contribution >= 0.6 is 0 Å². The lowest BCUT2D eigenvalue weighted by Crippen LogP contribution is -2.17. The molecule has 4 nitrogen and oxygen atoms in total. The fourth-order valence-corrected chi connectivity index (χ4v) is 2.38. The SMILES string of the molecule is CC(C)(C)c1cc(CCC(=O)O)c(O)c(C(C)(C)C)c1.CCC(=O)CC. The number of hydrogen-bond acceptors (Lipinski definition) is 3. The van der Waals surface area contributed by atoms with E-state index in [-0.39, 0.29) is 23.0 Å². The molecular weight excluding hydrogens is 328 g/mol. The Hall–Kier alpha value is -1.84. The number of phenolic OH excluding ortho intramolecular Hbond substituents is 1. The van der Waals surface area contributed by atoms with E-state index in [2.05, 4.69) is 41.5 Å². The minimum atomic E-state index is -0.845. The topological polar surface area (TPSA) is 74.6 Å². The Bertz CT molecular complexity index is 610. The van der Waals surface area contributed by atoms with Gasteiger partial charge in [0.1, 0.15) is 11.5 Å². The third-order valence-corrected chi connectivity index (χ3v) is 4.26. The van der Waals surface area contributed by atoms with E-state index in [1.54, 1.807) is 0 Å². The van der Waals surface area contributed by atoms with Crippen molar-refractivity contribution in [2.75, 3.05) is 0 Å². The lowest BCUT2D eigenvalue weighted by Gasteiger charge is -2.27. The molecule has 0 atom stereocenters. The molecule has 148 valence electrons. The molecule has 1 rings (SSSR count). The Morgan fingerprint density at radius 1 is 0.923 bits per heavy atom. The number of carbonyl (C=O) groups is 2. The summed E-state index contributed by atoms with van der Waals surface area (Å²) in [5, 5.41) is 19.3. The predicted octanol–water partition coefficient (Wildman–Crippen LogP) is 5.38. The van der Waals surface area contributed by atoms with E-state index in [4.69, 9.17) is 5.11 Å². The third-order valence-electron chi connectivity index (χ3n) is 4.26. The van der Waals surface area contributed by atoms with Crippen LogP contribution in [0.1, 0.15) is 91.3 Å². The van der Waals surface area contributed by atoms with Crippen LogP contribution in [0.4, 0.5) is 0 Å².